The number of methoxy groups -OCH3 is 1. The van der Waals surface area contributed by atoms with Crippen molar-refractivity contribution < 1.29 is 19.1 Å². The minimum atomic E-state index is -0.679. The molecule has 4 rings (SSSR count). The third kappa shape index (κ3) is 5.69. The Morgan fingerprint density at radius 3 is 2.46 bits per heavy atom. The molecule has 1 aromatic carbocycles. The highest BCUT2D eigenvalue weighted by Crippen LogP contribution is 2.33. The molecule has 194 valence electrons. The van der Waals surface area contributed by atoms with Crippen molar-refractivity contribution in [3.05, 3.63) is 60.2 Å². The highest BCUT2D eigenvalue weighted by atomic mass is 16.5. The number of aromatic nitrogens is 3. The van der Waals surface area contributed by atoms with Gasteiger partial charge in [0, 0.05) is 29.4 Å². The molecule has 0 aliphatic carbocycles. The predicted molar refractivity (Wildman–Crippen MR) is 138 cm³/mol. The molecule has 37 heavy (non-hydrogen) atoms. The lowest BCUT2D eigenvalue weighted by molar-refractivity contribution is -0.135. The number of benzene rings is 1. The van der Waals surface area contributed by atoms with Crippen LogP contribution in [0.2, 0.25) is 0 Å². The van der Waals surface area contributed by atoms with E-state index in [1.807, 2.05) is 38.1 Å². The molecule has 0 bridgehead atoms. The van der Waals surface area contributed by atoms with Gasteiger partial charge in [-0.2, -0.15) is 0 Å². The van der Waals surface area contributed by atoms with Crippen LogP contribution in [0.1, 0.15) is 48.9 Å². The van der Waals surface area contributed by atoms with Gasteiger partial charge in [0.05, 0.1) is 37.3 Å². The average Bonchev–Trinajstić information content (AvgIpc) is 3.61. The Morgan fingerprint density at radius 2 is 1.84 bits per heavy atom. The summed E-state index contributed by atoms with van der Waals surface area (Å²) in [5.41, 5.74) is 9.34. The number of rotatable bonds is 8. The van der Waals surface area contributed by atoms with Gasteiger partial charge in [0.1, 0.15) is 11.9 Å². The summed E-state index contributed by atoms with van der Waals surface area (Å²) in [5.74, 6) is 0.352. The number of aromatic amines is 1. The Morgan fingerprint density at radius 1 is 1.11 bits per heavy atom. The number of ketones is 1. The van der Waals surface area contributed by atoms with Gasteiger partial charge in [-0.25, -0.2) is 9.78 Å². The number of pyridine rings is 1. The Labute approximate surface area is 215 Å². The van der Waals surface area contributed by atoms with Crippen molar-refractivity contribution >= 4 is 17.8 Å². The van der Waals surface area contributed by atoms with E-state index in [4.69, 9.17) is 10.5 Å². The second kappa shape index (κ2) is 11.3. The maximum Gasteiger partial charge on any atom is 0.407 e. The molecule has 1 saturated heterocycles. The molecule has 4 N–H and O–H groups in total. The van der Waals surface area contributed by atoms with E-state index < -0.39 is 12.1 Å². The third-order valence-corrected chi connectivity index (χ3v) is 6.60. The number of likely N-dealkylation sites (tertiary alicyclic amines) is 1. The van der Waals surface area contributed by atoms with Crippen LogP contribution in [0.4, 0.5) is 4.79 Å². The molecule has 2 aromatic heterocycles. The molecule has 2 atom stereocenters. The predicted octanol–water partition coefficient (Wildman–Crippen LogP) is 3.32. The fraction of sp³-hybridized carbons (Fsp3) is 0.370. The van der Waals surface area contributed by atoms with Crippen molar-refractivity contribution in [3.63, 3.8) is 0 Å². The van der Waals surface area contributed by atoms with Crippen LogP contribution in [-0.2, 0) is 9.53 Å². The van der Waals surface area contributed by atoms with Crippen LogP contribution in [0.25, 0.3) is 22.5 Å². The Bertz CT molecular complexity index is 1250. The second-order valence-electron chi connectivity index (χ2n) is 9.37. The van der Waals surface area contributed by atoms with E-state index in [0.717, 1.165) is 35.4 Å². The van der Waals surface area contributed by atoms with E-state index in [0.29, 0.717) is 17.9 Å². The number of Topliss-reactive ketones (excluding diaryl/α,β-unsaturated/α-hetero) is 1. The molecular formula is C27H32N6O4. The van der Waals surface area contributed by atoms with Crippen molar-refractivity contribution in [1.29, 1.82) is 0 Å². The fourth-order valence-electron chi connectivity index (χ4n) is 4.51. The Balaban J connectivity index is 1.49. The van der Waals surface area contributed by atoms with Gasteiger partial charge in [-0.1, -0.05) is 38.1 Å². The summed E-state index contributed by atoms with van der Waals surface area (Å²) in [6, 6.07) is 10.2. The number of hydrogen-bond donors (Lipinski definition) is 3. The van der Waals surface area contributed by atoms with Crippen LogP contribution in [-0.4, -0.2) is 63.9 Å². The van der Waals surface area contributed by atoms with E-state index in [-0.39, 0.29) is 30.2 Å². The molecule has 0 spiro atoms. The van der Waals surface area contributed by atoms with Crippen molar-refractivity contribution in [2.45, 2.75) is 38.8 Å². The molecule has 1 fully saturated rings. The first-order valence-corrected chi connectivity index (χ1v) is 12.3. The van der Waals surface area contributed by atoms with Crippen molar-refractivity contribution in [2.24, 2.45) is 11.7 Å². The maximum absolute atomic E-state index is 13.3. The van der Waals surface area contributed by atoms with E-state index in [2.05, 4.69) is 20.3 Å². The number of ether oxygens (including phenoxy) is 1. The van der Waals surface area contributed by atoms with Crippen LogP contribution >= 0.6 is 0 Å². The van der Waals surface area contributed by atoms with E-state index in [9.17, 15) is 14.4 Å². The first-order chi connectivity index (χ1) is 17.8. The molecule has 0 unspecified atom stereocenters. The number of nitrogens with zero attached hydrogens (tertiary/aromatic N) is 3. The van der Waals surface area contributed by atoms with Gasteiger partial charge in [-0.3, -0.25) is 14.6 Å². The van der Waals surface area contributed by atoms with Crippen LogP contribution in [0.3, 0.4) is 0 Å². The summed E-state index contributed by atoms with van der Waals surface area (Å²) in [6.07, 6.45) is 4.51. The number of carbonyl (C=O) groups excluding carboxylic acids is 3. The number of nitrogens with one attached hydrogen (secondary N) is 2. The topological polar surface area (TPSA) is 143 Å². The maximum atomic E-state index is 13.3. The SMILES string of the molecule is COC(=O)N[C@H](C(=O)N1CCC[C@H]1c1ncc(-c2ccc(-c3ccc(C(=O)CN)cc3)nc2)[nH]1)C(C)C. The molecule has 2 amide bonds. The molecule has 0 radical (unpaired) electrons. The number of carbonyl (C=O) groups is 3. The fourth-order valence-corrected chi connectivity index (χ4v) is 4.51. The van der Waals surface area contributed by atoms with E-state index >= 15 is 0 Å². The average molecular weight is 505 g/mol. The van der Waals surface area contributed by atoms with Gasteiger partial charge in [-0.05, 0) is 30.9 Å². The van der Waals surface area contributed by atoms with Crippen molar-refractivity contribution in [1.82, 2.24) is 25.2 Å². The highest BCUT2D eigenvalue weighted by molar-refractivity contribution is 5.97. The number of nitrogens with two attached hydrogens (primary N) is 1. The first kappa shape index (κ1) is 26.0. The van der Waals surface area contributed by atoms with Crippen molar-refractivity contribution in [2.75, 3.05) is 20.2 Å². The normalized spacial score (nSPS) is 16.0. The largest absolute Gasteiger partial charge is 0.453 e. The first-order valence-electron chi connectivity index (χ1n) is 12.3. The van der Waals surface area contributed by atoms with Crippen LogP contribution in [0, 0.1) is 5.92 Å². The molecule has 1 aliphatic heterocycles. The van der Waals surface area contributed by atoms with Gasteiger partial charge in [0.2, 0.25) is 5.91 Å². The third-order valence-electron chi connectivity index (χ3n) is 6.60. The number of hydrogen-bond acceptors (Lipinski definition) is 7. The molecule has 3 heterocycles. The second-order valence-corrected chi connectivity index (χ2v) is 9.37. The summed E-state index contributed by atoms with van der Waals surface area (Å²) >= 11 is 0. The molecule has 10 nitrogen and oxygen atoms in total. The van der Waals surface area contributed by atoms with Gasteiger partial charge in [-0.15, -0.1) is 0 Å². The van der Waals surface area contributed by atoms with Crippen LogP contribution in [0.15, 0.2) is 48.8 Å². The zero-order valence-corrected chi connectivity index (χ0v) is 21.2. The van der Waals surface area contributed by atoms with Crippen molar-refractivity contribution in [3.8, 4) is 22.5 Å². The summed E-state index contributed by atoms with van der Waals surface area (Å²) in [5, 5.41) is 2.66. The summed E-state index contributed by atoms with van der Waals surface area (Å²) in [7, 11) is 1.28. The zero-order chi connectivity index (χ0) is 26.5. The number of imidazole rings is 1. The minimum absolute atomic E-state index is 0.0199. The molecular weight excluding hydrogens is 472 g/mol. The summed E-state index contributed by atoms with van der Waals surface area (Å²) in [4.78, 5) is 51.1. The Hall–Kier alpha value is -4.05. The molecule has 10 heteroatoms. The number of alkyl carbamates (subject to hydrolysis) is 1. The number of amides is 2. The lowest BCUT2D eigenvalue weighted by atomic mass is 10.0. The highest BCUT2D eigenvalue weighted by Gasteiger charge is 2.37. The van der Waals surface area contributed by atoms with Gasteiger partial charge < -0.3 is 25.7 Å². The zero-order valence-electron chi connectivity index (χ0n) is 21.2. The van der Waals surface area contributed by atoms with E-state index in [1.165, 1.54) is 7.11 Å². The number of H-pyrrole nitrogens is 1. The van der Waals surface area contributed by atoms with E-state index in [1.54, 1.807) is 29.4 Å². The van der Waals surface area contributed by atoms with Crippen LogP contribution < -0.4 is 11.1 Å². The van der Waals surface area contributed by atoms with Gasteiger partial charge >= 0.3 is 6.09 Å². The molecule has 1 aliphatic rings. The quantitative estimate of drug-likeness (QED) is 0.399. The van der Waals surface area contributed by atoms with Gasteiger partial charge in [0.15, 0.2) is 5.78 Å². The lowest BCUT2D eigenvalue weighted by Gasteiger charge is -2.30. The Kier molecular flexibility index (Phi) is 7.98. The lowest BCUT2D eigenvalue weighted by Crippen LogP contribution is -2.51. The monoisotopic (exact) mass is 504 g/mol. The molecule has 0 saturated carbocycles. The summed E-state index contributed by atoms with van der Waals surface area (Å²) in [6.45, 7) is 4.35. The molecule has 3 aromatic rings. The minimum Gasteiger partial charge on any atom is -0.453 e. The summed E-state index contributed by atoms with van der Waals surface area (Å²) < 4.78 is 4.70. The smallest absolute Gasteiger partial charge is 0.407 e. The van der Waals surface area contributed by atoms with Crippen LogP contribution in [0.5, 0.6) is 0 Å². The van der Waals surface area contributed by atoms with Gasteiger partial charge in [0.25, 0.3) is 0 Å². The standard InChI is InChI=1S/C27H32N6O4/c1-16(2)24(32-27(36)37-3)26(35)33-12-4-5-22(33)25-30-15-21(31-25)19-10-11-20(29-14-19)17-6-8-18(9-7-17)23(34)13-28/h6-11,14-16,22,24H,4-5,12-13,28H2,1-3H3,(H,30,31)(H,32,36)/t22-,24-/m0/s1.